The predicted molar refractivity (Wildman–Crippen MR) is 99.8 cm³/mol. The first-order valence-electron chi connectivity index (χ1n) is 9.23. The molecule has 0 aromatic carbocycles. The van der Waals surface area contributed by atoms with Crippen molar-refractivity contribution >= 4 is 17.5 Å². The zero-order chi connectivity index (χ0) is 18.2. The van der Waals surface area contributed by atoms with Crippen molar-refractivity contribution in [2.45, 2.75) is 65.0 Å². The molecule has 0 radical (unpaired) electrons. The Morgan fingerprint density at radius 3 is 2.84 bits per heavy atom. The molecule has 1 aromatic rings. The number of anilines is 2. The number of nitrogens with two attached hydrogens (primary N) is 1. The van der Waals surface area contributed by atoms with Gasteiger partial charge in [0.1, 0.15) is 5.60 Å². The summed E-state index contributed by atoms with van der Waals surface area (Å²) >= 11 is 0. The van der Waals surface area contributed by atoms with Crippen LogP contribution < -0.4 is 16.0 Å². The van der Waals surface area contributed by atoms with Crippen LogP contribution >= 0.6 is 0 Å². The minimum Gasteiger partial charge on any atom is -0.444 e. The molecule has 3 rings (SSSR count). The number of aryl methyl sites for hydroxylation is 1. The number of rotatable bonds is 2. The van der Waals surface area contributed by atoms with E-state index in [0.717, 1.165) is 50.1 Å². The molecule has 0 unspecified atom stereocenters. The highest BCUT2D eigenvalue weighted by Gasteiger charge is 2.31. The van der Waals surface area contributed by atoms with Crippen LogP contribution in [-0.4, -0.2) is 35.8 Å². The van der Waals surface area contributed by atoms with Crippen molar-refractivity contribution in [3.63, 3.8) is 0 Å². The number of carbonyl (C=O) groups is 1. The quantitative estimate of drug-likeness (QED) is 0.861. The van der Waals surface area contributed by atoms with E-state index in [9.17, 15) is 4.79 Å². The number of ether oxygens (including phenoxy) is 1. The van der Waals surface area contributed by atoms with Gasteiger partial charge in [-0.25, -0.2) is 4.79 Å². The first kappa shape index (κ1) is 17.8. The smallest absolute Gasteiger partial charge is 0.407 e. The summed E-state index contributed by atoms with van der Waals surface area (Å²) < 4.78 is 5.41. The van der Waals surface area contributed by atoms with Crippen LogP contribution in [0.4, 0.5) is 16.2 Å². The summed E-state index contributed by atoms with van der Waals surface area (Å²) in [5.41, 5.74) is 10.1. The second kappa shape index (κ2) is 6.73. The molecule has 1 aromatic heterocycles. The molecule has 25 heavy (non-hydrogen) atoms. The molecule has 0 bridgehead atoms. The fourth-order valence-electron chi connectivity index (χ4n) is 3.99. The fourth-order valence-corrected chi connectivity index (χ4v) is 3.99. The van der Waals surface area contributed by atoms with Crippen molar-refractivity contribution in [3.05, 3.63) is 17.5 Å². The second-order valence-electron chi connectivity index (χ2n) is 8.43. The van der Waals surface area contributed by atoms with Crippen molar-refractivity contribution in [1.82, 2.24) is 10.3 Å². The first-order chi connectivity index (χ1) is 11.7. The lowest BCUT2D eigenvalue weighted by Gasteiger charge is -2.39. The Hall–Kier alpha value is -1.98. The molecular weight excluding hydrogens is 316 g/mol. The molecule has 1 saturated heterocycles. The lowest BCUT2D eigenvalue weighted by Crippen LogP contribution is -2.51. The summed E-state index contributed by atoms with van der Waals surface area (Å²) in [4.78, 5) is 19.0. The van der Waals surface area contributed by atoms with E-state index in [2.05, 4.69) is 22.1 Å². The van der Waals surface area contributed by atoms with Gasteiger partial charge in [0.15, 0.2) is 0 Å². The Morgan fingerprint density at radius 2 is 2.12 bits per heavy atom. The first-order valence-corrected chi connectivity index (χ1v) is 9.23. The number of nitrogens with one attached hydrogen (secondary N) is 1. The molecule has 1 amide bonds. The molecule has 0 saturated carbocycles. The summed E-state index contributed by atoms with van der Waals surface area (Å²) in [6.07, 6.45) is 5.60. The van der Waals surface area contributed by atoms with Gasteiger partial charge in [-0.2, -0.15) is 0 Å². The number of amides is 1. The monoisotopic (exact) mass is 346 g/mol. The van der Waals surface area contributed by atoms with Crippen LogP contribution in [0, 0.1) is 5.92 Å². The Labute approximate surface area is 150 Å². The summed E-state index contributed by atoms with van der Waals surface area (Å²) in [7, 11) is 0. The Morgan fingerprint density at radius 1 is 1.36 bits per heavy atom. The van der Waals surface area contributed by atoms with Crippen molar-refractivity contribution in [2.24, 2.45) is 5.92 Å². The van der Waals surface area contributed by atoms with Crippen molar-refractivity contribution < 1.29 is 9.53 Å². The normalized spacial score (nSPS) is 23.3. The molecule has 2 atom stereocenters. The second-order valence-corrected chi connectivity index (χ2v) is 8.43. The maximum absolute atomic E-state index is 12.1. The van der Waals surface area contributed by atoms with Crippen LogP contribution in [-0.2, 0) is 17.6 Å². The van der Waals surface area contributed by atoms with Gasteiger partial charge < -0.3 is 20.7 Å². The van der Waals surface area contributed by atoms with Crippen molar-refractivity contribution in [3.8, 4) is 0 Å². The van der Waals surface area contributed by atoms with Gasteiger partial charge in [0.25, 0.3) is 0 Å². The average Bonchev–Trinajstić information content (AvgIpc) is 2.92. The molecule has 2 aliphatic rings. The maximum atomic E-state index is 12.1. The Balaban J connectivity index is 1.76. The number of aromatic nitrogens is 1. The zero-order valence-electron chi connectivity index (χ0n) is 15.8. The van der Waals surface area contributed by atoms with E-state index in [-0.39, 0.29) is 12.1 Å². The highest BCUT2D eigenvalue weighted by Crippen LogP contribution is 2.36. The molecule has 6 heteroatoms. The third-order valence-electron chi connectivity index (χ3n) is 4.80. The molecule has 1 aliphatic heterocycles. The maximum Gasteiger partial charge on any atom is 0.407 e. The van der Waals surface area contributed by atoms with Gasteiger partial charge in [-0.05, 0) is 57.9 Å². The molecule has 138 valence electrons. The van der Waals surface area contributed by atoms with Gasteiger partial charge in [-0.1, -0.05) is 6.92 Å². The van der Waals surface area contributed by atoms with Gasteiger partial charge in [-0.15, -0.1) is 0 Å². The van der Waals surface area contributed by atoms with E-state index in [1.54, 1.807) is 6.20 Å². The number of nitrogens with zero attached hydrogens (tertiary/aromatic N) is 2. The van der Waals surface area contributed by atoms with Gasteiger partial charge in [0.05, 0.1) is 17.6 Å². The fraction of sp³-hybridized carbons (Fsp3) is 0.684. The molecule has 6 nitrogen and oxygen atoms in total. The topological polar surface area (TPSA) is 80.5 Å². The SMILES string of the molecule is C[C@@H]1C[C@H](NC(=O)OC(C)(C)C)CN(c2c(N)cnc3c2CCC3)C1. The minimum atomic E-state index is -0.486. The molecule has 1 aliphatic carbocycles. The molecule has 0 spiro atoms. The third-order valence-corrected chi connectivity index (χ3v) is 4.80. The van der Waals surface area contributed by atoms with Gasteiger partial charge in [-0.3, -0.25) is 4.98 Å². The zero-order valence-corrected chi connectivity index (χ0v) is 15.8. The standard InChI is InChI=1S/C19H30N4O2/c1-12-8-13(22-18(24)25-19(2,3)4)11-23(10-12)17-14-6-5-7-16(14)21-9-15(17)20/h9,12-13H,5-8,10-11,20H2,1-4H3,(H,22,24)/t12-,13+/m1/s1. The third kappa shape index (κ3) is 4.17. The van der Waals surface area contributed by atoms with E-state index in [1.165, 1.54) is 11.3 Å². The van der Waals surface area contributed by atoms with Gasteiger partial charge in [0, 0.05) is 24.8 Å². The number of hydrogen-bond donors (Lipinski definition) is 2. The van der Waals surface area contributed by atoms with E-state index >= 15 is 0 Å². The van der Waals surface area contributed by atoms with Crippen LogP contribution in [0.25, 0.3) is 0 Å². The number of hydrogen-bond acceptors (Lipinski definition) is 5. The number of carbonyl (C=O) groups excluding carboxylic acids is 1. The summed E-state index contributed by atoms with van der Waals surface area (Å²) in [5, 5.41) is 3.03. The lowest BCUT2D eigenvalue weighted by atomic mass is 9.94. The Bertz CT molecular complexity index is 654. The number of alkyl carbamates (subject to hydrolysis) is 1. The van der Waals surface area contributed by atoms with E-state index < -0.39 is 5.60 Å². The van der Waals surface area contributed by atoms with Crippen LogP contribution in [0.15, 0.2) is 6.20 Å². The lowest BCUT2D eigenvalue weighted by molar-refractivity contribution is 0.0495. The molecule has 3 N–H and O–H groups in total. The summed E-state index contributed by atoms with van der Waals surface area (Å²) in [6.45, 7) is 9.56. The van der Waals surface area contributed by atoms with Crippen LogP contribution in [0.2, 0.25) is 0 Å². The molecular formula is C19H30N4O2. The van der Waals surface area contributed by atoms with E-state index in [0.29, 0.717) is 5.92 Å². The summed E-state index contributed by atoms with van der Waals surface area (Å²) in [5.74, 6) is 0.471. The van der Waals surface area contributed by atoms with E-state index in [1.807, 2.05) is 20.8 Å². The van der Waals surface area contributed by atoms with Crippen molar-refractivity contribution in [1.29, 1.82) is 0 Å². The minimum absolute atomic E-state index is 0.0585. The highest BCUT2D eigenvalue weighted by atomic mass is 16.6. The van der Waals surface area contributed by atoms with Gasteiger partial charge in [0.2, 0.25) is 0 Å². The largest absolute Gasteiger partial charge is 0.444 e. The van der Waals surface area contributed by atoms with Crippen LogP contribution in [0.3, 0.4) is 0 Å². The molecule has 2 heterocycles. The highest BCUT2D eigenvalue weighted by molar-refractivity contribution is 5.73. The number of piperidine rings is 1. The number of pyridine rings is 1. The number of nitrogen functional groups attached to an aromatic ring is 1. The molecule has 1 fully saturated rings. The Kier molecular flexibility index (Phi) is 4.80. The average molecular weight is 346 g/mol. The van der Waals surface area contributed by atoms with Crippen LogP contribution in [0.1, 0.15) is 51.8 Å². The van der Waals surface area contributed by atoms with Crippen molar-refractivity contribution in [2.75, 3.05) is 23.7 Å². The van der Waals surface area contributed by atoms with Gasteiger partial charge >= 0.3 is 6.09 Å². The predicted octanol–water partition coefficient (Wildman–Crippen LogP) is 2.89. The summed E-state index contributed by atoms with van der Waals surface area (Å²) in [6, 6.07) is 0.0585. The van der Waals surface area contributed by atoms with Crippen LogP contribution in [0.5, 0.6) is 0 Å². The number of fused-ring (bicyclic) bond motifs is 1. The van der Waals surface area contributed by atoms with E-state index in [4.69, 9.17) is 10.5 Å².